The van der Waals surface area contributed by atoms with Crippen molar-refractivity contribution in [3.63, 3.8) is 0 Å². The number of pyridine rings is 1. The van der Waals surface area contributed by atoms with Crippen LogP contribution in [0.2, 0.25) is 5.02 Å². The zero-order valence-electron chi connectivity index (χ0n) is 12.6. The van der Waals surface area contributed by atoms with Crippen LogP contribution in [0, 0.1) is 13.8 Å². The highest BCUT2D eigenvalue weighted by Gasteiger charge is 2.08. The van der Waals surface area contributed by atoms with Crippen LogP contribution in [-0.4, -0.2) is 10.1 Å². The van der Waals surface area contributed by atoms with Crippen molar-refractivity contribution >= 4 is 11.6 Å². The summed E-state index contributed by atoms with van der Waals surface area (Å²) in [6, 6.07) is 7.46. The van der Waals surface area contributed by atoms with Gasteiger partial charge in [0.1, 0.15) is 5.75 Å². The highest BCUT2D eigenvalue weighted by atomic mass is 35.5. The molecule has 1 N–H and O–H groups in total. The lowest BCUT2D eigenvalue weighted by Gasteiger charge is -2.11. The van der Waals surface area contributed by atoms with E-state index in [-0.39, 0.29) is 6.61 Å². The van der Waals surface area contributed by atoms with Crippen molar-refractivity contribution in [1.29, 1.82) is 0 Å². The lowest BCUT2D eigenvalue weighted by molar-refractivity contribution is 0.280. The number of aryl methyl sites for hydroxylation is 3. The van der Waals surface area contributed by atoms with E-state index in [0.29, 0.717) is 11.6 Å². The molecule has 0 saturated carbocycles. The molecule has 0 aliphatic rings. The van der Waals surface area contributed by atoms with E-state index in [2.05, 4.69) is 11.9 Å². The third kappa shape index (κ3) is 3.96. The molecular weight excluding hydrogens is 286 g/mol. The molecule has 0 spiro atoms. The fraction of sp³-hybridized carbons (Fsp3) is 0.353. The van der Waals surface area contributed by atoms with Crippen LogP contribution in [-0.2, 0) is 13.0 Å². The summed E-state index contributed by atoms with van der Waals surface area (Å²) in [5.74, 6) is 1.21. The quantitative estimate of drug-likeness (QED) is 0.878. The Kier molecular flexibility index (Phi) is 5.21. The van der Waals surface area contributed by atoms with E-state index in [1.807, 2.05) is 32.0 Å². The highest BCUT2D eigenvalue weighted by Crippen LogP contribution is 2.29. The van der Waals surface area contributed by atoms with E-state index < -0.39 is 0 Å². The second kappa shape index (κ2) is 6.92. The number of rotatable bonds is 5. The van der Waals surface area contributed by atoms with Gasteiger partial charge in [-0.15, -0.1) is 0 Å². The summed E-state index contributed by atoms with van der Waals surface area (Å²) in [5.41, 5.74) is 3.69. The van der Waals surface area contributed by atoms with Gasteiger partial charge in [-0.25, -0.2) is 4.98 Å². The second-order valence-electron chi connectivity index (χ2n) is 5.19. The second-order valence-corrected chi connectivity index (χ2v) is 5.56. The van der Waals surface area contributed by atoms with E-state index >= 15 is 0 Å². The van der Waals surface area contributed by atoms with Crippen LogP contribution < -0.4 is 4.74 Å². The van der Waals surface area contributed by atoms with Gasteiger partial charge >= 0.3 is 0 Å². The van der Waals surface area contributed by atoms with Crippen molar-refractivity contribution in [3.8, 4) is 11.6 Å². The Balaban J connectivity index is 2.32. The molecular formula is C17H20ClNO2. The van der Waals surface area contributed by atoms with Crippen molar-refractivity contribution in [2.24, 2.45) is 0 Å². The van der Waals surface area contributed by atoms with Crippen molar-refractivity contribution in [3.05, 3.63) is 51.7 Å². The Morgan fingerprint density at radius 2 is 1.81 bits per heavy atom. The van der Waals surface area contributed by atoms with Gasteiger partial charge in [-0.1, -0.05) is 24.9 Å². The summed E-state index contributed by atoms with van der Waals surface area (Å²) in [4.78, 5) is 4.48. The van der Waals surface area contributed by atoms with E-state index in [4.69, 9.17) is 16.3 Å². The topological polar surface area (TPSA) is 42.4 Å². The van der Waals surface area contributed by atoms with Gasteiger partial charge in [0.15, 0.2) is 0 Å². The van der Waals surface area contributed by atoms with E-state index in [9.17, 15) is 5.11 Å². The summed E-state index contributed by atoms with van der Waals surface area (Å²) in [5, 5.41) is 10.1. The number of hydrogen-bond acceptors (Lipinski definition) is 3. The van der Waals surface area contributed by atoms with Crippen LogP contribution in [0.4, 0.5) is 0 Å². The molecule has 0 fully saturated rings. The molecule has 0 bridgehead atoms. The average Bonchev–Trinajstić information content (AvgIpc) is 2.44. The van der Waals surface area contributed by atoms with Gasteiger partial charge in [-0.3, -0.25) is 0 Å². The molecule has 4 heteroatoms. The molecule has 2 rings (SSSR count). The first-order chi connectivity index (χ1) is 10.0. The number of aromatic nitrogens is 1. The van der Waals surface area contributed by atoms with Gasteiger partial charge in [0, 0.05) is 16.8 Å². The lowest BCUT2D eigenvalue weighted by Crippen LogP contribution is -1.97. The van der Waals surface area contributed by atoms with Crippen LogP contribution in [0.25, 0.3) is 0 Å². The van der Waals surface area contributed by atoms with Gasteiger partial charge in [0.05, 0.1) is 6.61 Å². The molecule has 1 heterocycles. The molecule has 0 amide bonds. The summed E-state index contributed by atoms with van der Waals surface area (Å²) in [6.07, 6.45) is 1.86. The molecule has 0 radical (unpaired) electrons. The molecule has 112 valence electrons. The van der Waals surface area contributed by atoms with Crippen LogP contribution in [0.5, 0.6) is 11.6 Å². The Labute approximate surface area is 130 Å². The van der Waals surface area contributed by atoms with Crippen LogP contribution in [0.15, 0.2) is 24.3 Å². The largest absolute Gasteiger partial charge is 0.439 e. The molecule has 0 aliphatic heterocycles. The summed E-state index contributed by atoms with van der Waals surface area (Å²) >= 11 is 6.16. The Bertz CT molecular complexity index is 618. The fourth-order valence-electron chi connectivity index (χ4n) is 2.23. The maximum atomic E-state index is 9.34. The molecule has 0 saturated heterocycles. The minimum absolute atomic E-state index is 0.0196. The third-order valence-corrected chi connectivity index (χ3v) is 3.83. The monoisotopic (exact) mass is 305 g/mol. The minimum atomic E-state index is -0.0196. The predicted octanol–water partition coefficient (Wildman–Crippen LogP) is 4.59. The van der Waals surface area contributed by atoms with Gasteiger partial charge in [0.25, 0.3) is 0 Å². The average molecular weight is 306 g/mol. The van der Waals surface area contributed by atoms with Crippen molar-refractivity contribution in [1.82, 2.24) is 4.98 Å². The number of benzene rings is 1. The standard InChI is InChI=1S/C17H20ClNO2/c1-4-5-14-8-13(10-20)9-16(19-14)21-15-6-11(2)17(18)12(3)7-15/h6-9,20H,4-5,10H2,1-3H3. The molecule has 1 aromatic heterocycles. The van der Waals surface area contributed by atoms with Gasteiger partial charge < -0.3 is 9.84 Å². The summed E-state index contributed by atoms with van der Waals surface area (Å²) in [6.45, 7) is 5.97. The molecule has 0 aliphatic carbocycles. The highest BCUT2D eigenvalue weighted by molar-refractivity contribution is 6.32. The molecule has 0 unspecified atom stereocenters. The summed E-state index contributed by atoms with van der Waals surface area (Å²) in [7, 11) is 0. The molecule has 21 heavy (non-hydrogen) atoms. The lowest BCUT2D eigenvalue weighted by atomic mass is 10.1. The number of aliphatic hydroxyl groups excluding tert-OH is 1. The number of halogens is 1. The van der Waals surface area contributed by atoms with Gasteiger partial charge in [0.2, 0.25) is 5.88 Å². The molecule has 0 atom stereocenters. The Hall–Kier alpha value is -1.58. The van der Waals surface area contributed by atoms with Crippen molar-refractivity contribution < 1.29 is 9.84 Å². The first kappa shape index (κ1) is 15.8. The van der Waals surface area contributed by atoms with Crippen LogP contribution >= 0.6 is 11.6 Å². The zero-order chi connectivity index (χ0) is 15.4. The van der Waals surface area contributed by atoms with Crippen molar-refractivity contribution in [2.75, 3.05) is 0 Å². The van der Waals surface area contributed by atoms with Crippen LogP contribution in [0.1, 0.15) is 35.7 Å². The summed E-state index contributed by atoms with van der Waals surface area (Å²) < 4.78 is 5.84. The smallest absolute Gasteiger partial charge is 0.219 e. The third-order valence-electron chi connectivity index (χ3n) is 3.24. The number of ether oxygens (including phenoxy) is 1. The van der Waals surface area contributed by atoms with Crippen LogP contribution in [0.3, 0.4) is 0 Å². The van der Waals surface area contributed by atoms with Crippen molar-refractivity contribution in [2.45, 2.75) is 40.2 Å². The minimum Gasteiger partial charge on any atom is -0.439 e. The first-order valence-electron chi connectivity index (χ1n) is 7.08. The number of hydrogen-bond donors (Lipinski definition) is 1. The Morgan fingerprint density at radius 1 is 1.14 bits per heavy atom. The first-order valence-corrected chi connectivity index (χ1v) is 7.46. The van der Waals surface area contributed by atoms with E-state index in [1.165, 1.54) is 0 Å². The molecule has 2 aromatic rings. The van der Waals surface area contributed by atoms with Gasteiger partial charge in [-0.05, 0) is 55.2 Å². The number of aliphatic hydroxyl groups is 1. The van der Waals surface area contributed by atoms with E-state index in [0.717, 1.165) is 40.2 Å². The molecule has 1 aromatic carbocycles. The SMILES string of the molecule is CCCc1cc(CO)cc(Oc2cc(C)c(Cl)c(C)c2)n1. The fourth-order valence-corrected chi connectivity index (χ4v) is 2.34. The number of nitrogens with zero attached hydrogens (tertiary/aromatic N) is 1. The normalized spacial score (nSPS) is 10.7. The zero-order valence-corrected chi connectivity index (χ0v) is 13.4. The predicted molar refractivity (Wildman–Crippen MR) is 85.2 cm³/mol. The maximum Gasteiger partial charge on any atom is 0.219 e. The van der Waals surface area contributed by atoms with Gasteiger partial charge in [-0.2, -0.15) is 0 Å². The molecule has 3 nitrogen and oxygen atoms in total. The maximum absolute atomic E-state index is 9.34. The van der Waals surface area contributed by atoms with E-state index in [1.54, 1.807) is 6.07 Å². The Morgan fingerprint density at radius 3 is 2.38 bits per heavy atom.